The van der Waals surface area contributed by atoms with Gasteiger partial charge in [0.25, 0.3) is 0 Å². The highest BCUT2D eigenvalue weighted by atomic mass is 19.1. The molecule has 0 saturated carbocycles. The second-order valence-corrected chi connectivity index (χ2v) is 4.51. The third-order valence-corrected chi connectivity index (χ3v) is 3.05. The molecular formula is C16H17FO3. The van der Waals surface area contributed by atoms with Crippen LogP contribution in [0.25, 0.3) is 0 Å². The molecule has 20 heavy (non-hydrogen) atoms. The van der Waals surface area contributed by atoms with Crippen LogP contribution in [0.5, 0.6) is 11.5 Å². The van der Waals surface area contributed by atoms with E-state index in [2.05, 4.69) is 0 Å². The monoisotopic (exact) mass is 276 g/mol. The fourth-order valence-electron chi connectivity index (χ4n) is 1.82. The van der Waals surface area contributed by atoms with Crippen LogP contribution in [-0.4, -0.2) is 18.8 Å². The van der Waals surface area contributed by atoms with Gasteiger partial charge in [-0.3, -0.25) is 0 Å². The summed E-state index contributed by atoms with van der Waals surface area (Å²) in [4.78, 5) is 0. The number of aryl methyl sites for hydroxylation is 1. The molecular weight excluding hydrogens is 259 g/mol. The van der Waals surface area contributed by atoms with Crippen LogP contribution in [0.3, 0.4) is 0 Å². The number of aliphatic hydroxyl groups is 1. The van der Waals surface area contributed by atoms with Gasteiger partial charge in [0.2, 0.25) is 0 Å². The number of benzene rings is 2. The molecule has 0 saturated heterocycles. The molecule has 3 nitrogen and oxygen atoms in total. The van der Waals surface area contributed by atoms with Gasteiger partial charge in [0, 0.05) is 6.07 Å². The molecule has 0 amide bonds. The van der Waals surface area contributed by atoms with Gasteiger partial charge in [0.15, 0.2) is 0 Å². The van der Waals surface area contributed by atoms with E-state index in [1.165, 1.54) is 12.1 Å². The van der Waals surface area contributed by atoms with E-state index < -0.39 is 6.10 Å². The average molecular weight is 276 g/mol. The van der Waals surface area contributed by atoms with Crippen molar-refractivity contribution in [1.82, 2.24) is 0 Å². The van der Waals surface area contributed by atoms with E-state index in [1.54, 1.807) is 37.4 Å². The van der Waals surface area contributed by atoms with Gasteiger partial charge in [-0.1, -0.05) is 18.2 Å². The van der Waals surface area contributed by atoms with Gasteiger partial charge < -0.3 is 14.6 Å². The summed E-state index contributed by atoms with van der Waals surface area (Å²) in [7, 11) is 1.58. The van der Waals surface area contributed by atoms with Gasteiger partial charge in [-0.05, 0) is 36.2 Å². The van der Waals surface area contributed by atoms with Crippen LogP contribution in [0.2, 0.25) is 0 Å². The first-order valence-electron chi connectivity index (χ1n) is 6.31. The lowest BCUT2D eigenvalue weighted by Gasteiger charge is -2.14. The summed E-state index contributed by atoms with van der Waals surface area (Å²) < 4.78 is 23.6. The summed E-state index contributed by atoms with van der Waals surface area (Å²) in [5.41, 5.74) is 1.55. The summed E-state index contributed by atoms with van der Waals surface area (Å²) in [6, 6.07) is 11.4. The highest BCUT2D eigenvalue weighted by molar-refractivity contribution is 5.33. The lowest BCUT2D eigenvalue weighted by atomic mass is 10.1. The highest BCUT2D eigenvalue weighted by Crippen LogP contribution is 2.22. The Morgan fingerprint density at radius 2 is 1.85 bits per heavy atom. The molecule has 0 heterocycles. The van der Waals surface area contributed by atoms with Crippen molar-refractivity contribution in [2.24, 2.45) is 0 Å². The third-order valence-electron chi connectivity index (χ3n) is 3.05. The summed E-state index contributed by atoms with van der Waals surface area (Å²) in [5.74, 6) is 0.810. The number of hydrogen-bond donors (Lipinski definition) is 1. The molecule has 1 unspecified atom stereocenters. The molecule has 0 fully saturated rings. The topological polar surface area (TPSA) is 38.7 Å². The standard InChI is InChI=1S/C16H17FO3/c1-11-3-6-13(17)9-16(11)20-10-15(18)12-4-7-14(19-2)8-5-12/h3-9,15,18H,10H2,1-2H3. The van der Waals surface area contributed by atoms with Crippen LogP contribution in [0.4, 0.5) is 4.39 Å². The quantitative estimate of drug-likeness (QED) is 0.911. The number of aliphatic hydroxyl groups excluding tert-OH is 1. The van der Waals surface area contributed by atoms with Crippen LogP contribution in [0.1, 0.15) is 17.2 Å². The zero-order chi connectivity index (χ0) is 14.5. The number of hydrogen-bond acceptors (Lipinski definition) is 3. The summed E-state index contributed by atoms with van der Waals surface area (Å²) in [6.07, 6.45) is -0.774. The Morgan fingerprint density at radius 1 is 1.15 bits per heavy atom. The molecule has 106 valence electrons. The van der Waals surface area contributed by atoms with Crippen LogP contribution in [-0.2, 0) is 0 Å². The van der Waals surface area contributed by atoms with E-state index in [1.807, 2.05) is 6.92 Å². The van der Waals surface area contributed by atoms with Gasteiger partial charge in [0.1, 0.15) is 30.0 Å². The number of methoxy groups -OCH3 is 1. The molecule has 2 rings (SSSR count). The zero-order valence-corrected chi connectivity index (χ0v) is 11.5. The average Bonchev–Trinajstić information content (AvgIpc) is 2.48. The normalized spacial score (nSPS) is 12.0. The SMILES string of the molecule is COc1ccc(C(O)COc2cc(F)ccc2C)cc1. The van der Waals surface area contributed by atoms with Crippen molar-refractivity contribution in [2.45, 2.75) is 13.0 Å². The van der Waals surface area contributed by atoms with Crippen molar-refractivity contribution < 1.29 is 19.0 Å². The number of ether oxygens (including phenoxy) is 2. The van der Waals surface area contributed by atoms with E-state index in [-0.39, 0.29) is 12.4 Å². The molecule has 0 spiro atoms. The second-order valence-electron chi connectivity index (χ2n) is 4.51. The summed E-state index contributed by atoms with van der Waals surface area (Å²) in [5, 5.41) is 10.0. The smallest absolute Gasteiger partial charge is 0.126 e. The maximum atomic E-state index is 13.1. The van der Waals surface area contributed by atoms with Crippen molar-refractivity contribution in [3.8, 4) is 11.5 Å². The number of rotatable bonds is 5. The molecule has 0 aliphatic rings. The fourth-order valence-corrected chi connectivity index (χ4v) is 1.82. The largest absolute Gasteiger partial charge is 0.497 e. The van der Waals surface area contributed by atoms with Crippen molar-refractivity contribution >= 4 is 0 Å². The van der Waals surface area contributed by atoms with Gasteiger partial charge in [-0.2, -0.15) is 0 Å². The van der Waals surface area contributed by atoms with Crippen LogP contribution in [0, 0.1) is 12.7 Å². The molecule has 0 aliphatic heterocycles. The van der Waals surface area contributed by atoms with Gasteiger partial charge in [-0.25, -0.2) is 4.39 Å². The predicted octanol–water partition coefficient (Wildman–Crippen LogP) is 3.26. The van der Waals surface area contributed by atoms with E-state index in [0.717, 1.165) is 16.9 Å². The molecule has 2 aromatic rings. The Kier molecular flexibility index (Phi) is 4.58. The van der Waals surface area contributed by atoms with Crippen molar-refractivity contribution in [3.63, 3.8) is 0 Å². The molecule has 0 radical (unpaired) electrons. The third kappa shape index (κ3) is 3.48. The Balaban J connectivity index is 2.00. The summed E-state index contributed by atoms with van der Waals surface area (Å²) in [6.45, 7) is 1.89. The van der Waals surface area contributed by atoms with Crippen LogP contribution >= 0.6 is 0 Å². The number of halogens is 1. The Bertz CT molecular complexity index is 566. The fraction of sp³-hybridized carbons (Fsp3) is 0.250. The Morgan fingerprint density at radius 3 is 2.50 bits per heavy atom. The van der Waals surface area contributed by atoms with Crippen molar-refractivity contribution in [2.75, 3.05) is 13.7 Å². The lowest BCUT2D eigenvalue weighted by molar-refractivity contribution is 0.107. The van der Waals surface area contributed by atoms with Crippen molar-refractivity contribution in [1.29, 1.82) is 0 Å². The first-order valence-corrected chi connectivity index (χ1v) is 6.31. The molecule has 0 aromatic heterocycles. The van der Waals surface area contributed by atoms with E-state index in [4.69, 9.17) is 9.47 Å². The highest BCUT2D eigenvalue weighted by Gasteiger charge is 2.10. The van der Waals surface area contributed by atoms with Gasteiger partial charge in [0.05, 0.1) is 7.11 Å². The minimum atomic E-state index is -0.774. The Hall–Kier alpha value is -2.07. The molecule has 1 atom stereocenters. The molecule has 4 heteroatoms. The maximum absolute atomic E-state index is 13.1. The molecule has 2 aromatic carbocycles. The minimum absolute atomic E-state index is 0.0661. The van der Waals surface area contributed by atoms with Crippen LogP contribution in [0.15, 0.2) is 42.5 Å². The molecule has 0 bridgehead atoms. The lowest BCUT2D eigenvalue weighted by Crippen LogP contribution is -2.10. The van der Waals surface area contributed by atoms with Crippen LogP contribution < -0.4 is 9.47 Å². The van der Waals surface area contributed by atoms with E-state index in [9.17, 15) is 9.50 Å². The van der Waals surface area contributed by atoms with Gasteiger partial charge >= 0.3 is 0 Å². The van der Waals surface area contributed by atoms with Gasteiger partial charge in [-0.15, -0.1) is 0 Å². The first kappa shape index (κ1) is 14.3. The molecule has 1 N–H and O–H groups in total. The summed E-state index contributed by atoms with van der Waals surface area (Å²) >= 11 is 0. The Labute approximate surface area is 117 Å². The van der Waals surface area contributed by atoms with E-state index >= 15 is 0 Å². The zero-order valence-electron chi connectivity index (χ0n) is 11.5. The predicted molar refractivity (Wildman–Crippen MR) is 74.6 cm³/mol. The molecule has 0 aliphatic carbocycles. The second kappa shape index (κ2) is 6.39. The first-order chi connectivity index (χ1) is 9.60. The maximum Gasteiger partial charge on any atom is 0.126 e. The van der Waals surface area contributed by atoms with E-state index in [0.29, 0.717) is 5.75 Å². The minimum Gasteiger partial charge on any atom is -0.497 e. The van der Waals surface area contributed by atoms with Crippen molar-refractivity contribution in [3.05, 3.63) is 59.4 Å².